The van der Waals surface area contributed by atoms with E-state index >= 15 is 0 Å². The summed E-state index contributed by atoms with van der Waals surface area (Å²) in [5.74, 6) is 0.0185. The summed E-state index contributed by atoms with van der Waals surface area (Å²) < 4.78 is 23.6. The number of hydrogen-bond donors (Lipinski definition) is 1. The number of carbonyl (C=O) groups excluding carboxylic acids is 1. The van der Waals surface area contributed by atoms with Crippen molar-refractivity contribution in [3.63, 3.8) is 0 Å². The molecule has 4 nitrogen and oxygen atoms in total. The highest BCUT2D eigenvalue weighted by atomic mass is 19.1. The largest absolute Gasteiger partial charge is 0.497 e. The van der Waals surface area contributed by atoms with E-state index in [9.17, 15) is 9.18 Å². The maximum absolute atomic E-state index is 13.4. The van der Waals surface area contributed by atoms with Crippen LogP contribution in [0, 0.1) is 5.82 Å². The van der Waals surface area contributed by atoms with Crippen LogP contribution in [0.1, 0.15) is 18.5 Å². The molecule has 116 valence electrons. The molecule has 0 unspecified atom stereocenters. The van der Waals surface area contributed by atoms with Crippen molar-refractivity contribution in [3.8, 4) is 11.5 Å². The third-order valence-corrected chi connectivity index (χ3v) is 3.19. The molecule has 0 aliphatic carbocycles. The van der Waals surface area contributed by atoms with Crippen LogP contribution < -0.4 is 14.8 Å². The number of carbonyl (C=O) groups is 1. The SMILES string of the molecule is COc1ccc([C@@H](C)NC(=O)COc2ccccc2F)cc1. The van der Waals surface area contributed by atoms with Gasteiger partial charge in [0.2, 0.25) is 0 Å². The minimum absolute atomic E-state index is 0.0646. The van der Waals surface area contributed by atoms with Gasteiger partial charge in [-0.1, -0.05) is 24.3 Å². The Hall–Kier alpha value is -2.56. The number of nitrogens with one attached hydrogen (secondary N) is 1. The predicted octanol–water partition coefficient (Wildman–Crippen LogP) is 3.09. The van der Waals surface area contributed by atoms with Crippen molar-refractivity contribution in [2.45, 2.75) is 13.0 Å². The van der Waals surface area contributed by atoms with Crippen LogP contribution in [0.3, 0.4) is 0 Å². The summed E-state index contributed by atoms with van der Waals surface area (Å²) in [6.07, 6.45) is 0. The fourth-order valence-electron chi connectivity index (χ4n) is 1.96. The summed E-state index contributed by atoms with van der Waals surface area (Å²) in [7, 11) is 1.60. The Kier molecular flexibility index (Phi) is 5.36. The molecule has 5 heteroatoms. The lowest BCUT2D eigenvalue weighted by molar-refractivity contribution is -0.123. The van der Waals surface area contributed by atoms with Gasteiger partial charge in [0.1, 0.15) is 5.75 Å². The molecule has 0 fully saturated rings. The van der Waals surface area contributed by atoms with Gasteiger partial charge >= 0.3 is 0 Å². The zero-order valence-corrected chi connectivity index (χ0v) is 12.5. The van der Waals surface area contributed by atoms with E-state index < -0.39 is 5.82 Å². The topological polar surface area (TPSA) is 47.6 Å². The van der Waals surface area contributed by atoms with Gasteiger partial charge in [0.25, 0.3) is 5.91 Å². The molecule has 2 aromatic rings. The van der Waals surface area contributed by atoms with Gasteiger partial charge in [-0.3, -0.25) is 4.79 Å². The second-order valence-electron chi connectivity index (χ2n) is 4.78. The van der Waals surface area contributed by atoms with Crippen LogP contribution in [-0.2, 0) is 4.79 Å². The summed E-state index contributed by atoms with van der Waals surface area (Å²) in [6, 6.07) is 13.2. The third kappa shape index (κ3) is 4.22. The molecule has 0 aliphatic heterocycles. The zero-order chi connectivity index (χ0) is 15.9. The van der Waals surface area contributed by atoms with Crippen LogP contribution in [0.4, 0.5) is 4.39 Å². The smallest absolute Gasteiger partial charge is 0.258 e. The number of amides is 1. The van der Waals surface area contributed by atoms with Crippen LogP contribution in [0.5, 0.6) is 11.5 Å². The van der Waals surface area contributed by atoms with Gasteiger partial charge in [0, 0.05) is 0 Å². The van der Waals surface area contributed by atoms with Gasteiger partial charge in [-0.05, 0) is 36.8 Å². The molecule has 0 radical (unpaired) electrons. The van der Waals surface area contributed by atoms with Gasteiger partial charge in [0.15, 0.2) is 18.2 Å². The Balaban J connectivity index is 1.87. The summed E-state index contributed by atoms with van der Waals surface area (Å²) in [6.45, 7) is 1.63. The van der Waals surface area contributed by atoms with Crippen LogP contribution in [-0.4, -0.2) is 19.6 Å². The van der Waals surface area contributed by atoms with E-state index in [1.165, 1.54) is 12.1 Å². The maximum Gasteiger partial charge on any atom is 0.258 e. The molecule has 22 heavy (non-hydrogen) atoms. The molecule has 0 spiro atoms. The molecule has 0 aliphatic rings. The standard InChI is InChI=1S/C17H18FNO3/c1-12(13-7-9-14(21-2)10-8-13)19-17(20)11-22-16-6-4-3-5-15(16)18/h3-10,12H,11H2,1-2H3,(H,19,20)/t12-/m1/s1. The first-order valence-corrected chi connectivity index (χ1v) is 6.91. The van der Waals surface area contributed by atoms with E-state index in [-0.39, 0.29) is 24.3 Å². The molecule has 2 aromatic carbocycles. The fourth-order valence-corrected chi connectivity index (χ4v) is 1.96. The van der Waals surface area contributed by atoms with Crippen molar-refractivity contribution in [1.82, 2.24) is 5.32 Å². The van der Waals surface area contributed by atoms with Crippen molar-refractivity contribution in [1.29, 1.82) is 0 Å². The summed E-state index contributed by atoms with van der Waals surface area (Å²) in [4.78, 5) is 11.9. The van der Waals surface area contributed by atoms with Crippen LogP contribution in [0.15, 0.2) is 48.5 Å². The van der Waals surface area contributed by atoms with Crippen molar-refractivity contribution in [2.75, 3.05) is 13.7 Å². The first kappa shape index (κ1) is 15.8. The lowest BCUT2D eigenvalue weighted by Gasteiger charge is -2.15. The molecule has 1 atom stereocenters. The van der Waals surface area contributed by atoms with Gasteiger partial charge in [-0.15, -0.1) is 0 Å². The minimum Gasteiger partial charge on any atom is -0.497 e. The average Bonchev–Trinajstić information content (AvgIpc) is 2.54. The normalized spacial score (nSPS) is 11.6. The fraction of sp³-hybridized carbons (Fsp3) is 0.235. The second kappa shape index (κ2) is 7.45. The van der Waals surface area contributed by atoms with Gasteiger partial charge in [0.05, 0.1) is 13.2 Å². The van der Waals surface area contributed by atoms with E-state index in [0.29, 0.717) is 0 Å². The highest BCUT2D eigenvalue weighted by molar-refractivity contribution is 5.78. The minimum atomic E-state index is -0.487. The highest BCUT2D eigenvalue weighted by Crippen LogP contribution is 2.18. The molecule has 2 rings (SSSR count). The third-order valence-electron chi connectivity index (χ3n) is 3.19. The lowest BCUT2D eigenvalue weighted by Crippen LogP contribution is -2.31. The molecule has 0 aromatic heterocycles. The van der Waals surface area contributed by atoms with Crippen molar-refractivity contribution < 1.29 is 18.7 Å². The van der Waals surface area contributed by atoms with Crippen LogP contribution in [0.2, 0.25) is 0 Å². The monoisotopic (exact) mass is 303 g/mol. The molecule has 1 amide bonds. The summed E-state index contributed by atoms with van der Waals surface area (Å²) >= 11 is 0. The van der Waals surface area contributed by atoms with E-state index in [1.807, 2.05) is 31.2 Å². The lowest BCUT2D eigenvalue weighted by atomic mass is 10.1. The Morgan fingerprint density at radius 1 is 1.18 bits per heavy atom. The maximum atomic E-state index is 13.4. The van der Waals surface area contributed by atoms with E-state index in [2.05, 4.69) is 5.32 Å². The van der Waals surface area contributed by atoms with Crippen LogP contribution >= 0.6 is 0 Å². The molecular weight excluding hydrogens is 285 g/mol. The van der Waals surface area contributed by atoms with Gasteiger partial charge in [-0.2, -0.15) is 0 Å². The summed E-state index contributed by atoms with van der Waals surface area (Å²) in [5, 5.41) is 2.80. The van der Waals surface area contributed by atoms with E-state index in [1.54, 1.807) is 19.2 Å². The molecular formula is C17H18FNO3. The predicted molar refractivity (Wildman–Crippen MR) is 81.4 cm³/mol. The summed E-state index contributed by atoms with van der Waals surface area (Å²) in [5.41, 5.74) is 0.944. The Morgan fingerprint density at radius 3 is 2.50 bits per heavy atom. The number of benzene rings is 2. The van der Waals surface area contributed by atoms with Crippen molar-refractivity contribution in [2.24, 2.45) is 0 Å². The van der Waals surface area contributed by atoms with Crippen molar-refractivity contribution in [3.05, 3.63) is 59.9 Å². The molecule has 0 heterocycles. The zero-order valence-electron chi connectivity index (χ0n) is 12.5. The average molecular weight is 303 g/mol. The molecule has 0 saturated carbocycles. The Labute approximate surface area is 128 Å². The van der Waals surface area contributed by atoms with Crippen LogP contribution in [0.25, 0.3) is 0 Å². The second-order valence-corrected chi connectivity index (χ2v) is 4.78. The number of para-hydroxylation sites is 1. The van der Waals surface area contributed by atoms with Gasteiger partial charge in [-0.25, -0.2) is 4.39 Å². The Morgan fingerprint density at radius 2 is 1.86 bits per heavy atom. The van der Waals surface area contributed by atoms with Gasteiger partial charge < -0.3 is 14.8 Å². The molecule has 0 bridgehead atoms. The number of halogens is 1. The number of rotatable bonds is 6. The number of hydrogen-bond acceptors (Lipinski definition) is 3. The number of ether oxygens (including phenoxy) is 2. The Bertz CT molecular complexity index is 628. The first-order chi connectivity index (χ1) is 10.6. The van der Waals surface area contributed by atoms with Crippen molar-refractivity contribution >= 4 is 5.91 Å². The quantitative estimate of drug-likeness (QED) is 0.892. The number of methoxy groups -OCH3 is 1. The molecule has 0 saturated heterocycles. The van der Waals surface area contributed by atoms with E-state index in [0.717, 1.165) is 11.3 Å². The molecule has 1 N–H and O–H groups in total. The highest BCUT2D eigenvalue weighted by Gasteiger charge is 2.11. The van der Waals surface area contributed by atoms with E-state index in [4.69, 9.17) is 9.47 Å². The first-order valence-electron chi connectivity index (χ1n) is 6.91.